The van der Waals surface area contributed by atoms with Crippen molar-refractivity contribution in [3.05, 3.63) is 71.0 Å². The van der Waals surface area contributed by atoms with Gasteiger partial charge in [-0.05, 0) is 36.6 Å². The van der Waals surface area contributed by atoms with Gasteiger partial charge in [-0.2, -0.15) is 0 Å². The van der Waals surface area contributed by atoms with Crippen LogP contribution in [0, 0.1) is 5.82 Å². The standard InChI is InChI=1S/C19H20FNO3S/c1-25(23,24)13-14-6-8-15(9-7-14)19(22)21(17-10-11-17)12-16-4-2-3-5-18(16)20/h2-9,17H,10-13H2,1H3. The van der Waals surface area contributed by atoms with E-state index in [1.54, 1.807) is 47.4 Å². The molecular weight excluding hydrogens is 341 g/mol. The van der Waals surface area contributed by atoms with E-state index >= 15 is 0 Å². The number of benzene rings is 2. The van der Waals surface area contributed by atoms with Crippen LogP contribution in [0.25, 0.3) is 0 Å². The summed E-state index contributed by atoms with van der Waals surface area (Å²) in [5.74, 6) is -0.524. The van der Waals surface area contributed by atoms with E-state index in [0.29, 0.717) is 16.7 Å². The second kappa shape index (κ2) is 6.96. The highest BCUT2D eigenvalue weighted by molar-refractivity contribution is 7.89. The number of amides is 1. The molecule has 0 heterocycles. The van der Waals surface area contributed by atoms with Crippen LogP contribution >= 0.6 is 0 Å². The van der Waals surface area contributed by atoms with E-state index in [1.165, 1.54) is 12.3 Å². The van der Waals surface area contributed by atoms with Gasteiger partial charge in [-0.15, -0.1) is 0 Å². The molecule has 6 heteroatoms. The fourth-order valence-electron chi connectivity index (χ4n) is 2.78. The number of hydrogen-bond acceptors (Lipinski definition) is 3. The number of carbonyl (C=O) groups excluding carboxylic acids is 1. The Kier molecular flexibility index (Phi) is 4.90. The van der Waals surface area contributed by atoms with Crippen molar-refractivity contribution in [3.8, 4) is 0 Å². The first kappa shape index (κ1) is 17.6. The van der Waals surface area contributed by atoms with Crippen molar-refractivity contribution in [1.29, 1.82) is 0 Å². The third-order valence-corrected chi connectivity index (χ3v) is 5.03. The number of hydrogen-bond donors (Lipinski definition) is 0. The molecule has 0 aromatic heterocycles. The van der Waals surface area contributed by atoms with Crippen molar-refractivity contribution < 1.29 is 17.6 Å². The van der Waals surface area contributed by atoms with E-state index in [-0.39, 0.29) is 30.1 Å². The summed E-state index contributed by atoms with van der Waals surface area (Å²) in [7, 11) is -3.11. The molecule has 2 aromatic rings. The molecule has 2 aromatic carbocycles. The lowest BCUT2D eigenvalue weighted by Gasteiger charge is -2.23. The molecule has 0 saturated heterocycles. The number of carbonyl (C=O) groups is 1. The molecule has 0 bridgehead atoms. The molecular formula is C19H20FNO3S. The Morgan fingerprint density at radius 2 is 1.76 bits per heavy atom. The van der Waals surface area contributed by atoms with Gasteiger partial charge in [0.15, 0.2) is 9.84 Å². The summed E-state index contributed by atoms with van der Waals surface area (Å²) < 4.78 is 36.6. The largest absolute Gasteiger partial charge is 0.331 e. The van der Waals surface area contributed by atoms with Gasteiger partial charge in [0.25, 0.3) is 5.91 Å². The summed E-state index contributed by atoms with van der Waals surface area (Å²) in [4.78, 5) is 14.5. The van der Waals surface area contributed by atoms with Gasteiger partial charge in [-0.3, -0.25) is 4.79 Å². The molecule has 1 amide bonds. The van der Waals surface area contributed by atoms with Crippen LogP contribution in [-0.2, 0) is 22.1 Å². The molecule has 0 unspecified atom stereocenters. The molecule has 132 valence electrons. The van der Waals surface area contributed by atoms with E-state index in [0.717, 1.165) is 12.8 Å². The number of nitrogens with zero attached hydrogens (tertiary/aromatic N) is 1. The fourth-order valence-corrected chi connectivity index (χ4v) is 3.57. The van der Waals surface area contributed by atoms with Crippen LogP contribution < -0.4 is 0 Å². The first-order valence-corrected chi connectivity index (χ1v) is 10.2. The van der Waals surface area contributed by atoms with Crippen LogP contribution in [0.15, 0.2) is 48.5 Å². The van der Waals surface area contributed by atoms with Crippen molar-refractivity contribution >= 4 is 15.7 Å². The van der Waals surface area contributed by atoms with E-state index in [1.807, 2.05) is 0 Å². The van der Waals surface area contributed by atoms with Gasteiger partial charge in [0.05, 0.1) is 5.75 Å². The van der Waals surface area contributed by atoms with Crippen LogP contribution in [0.5, 0.6) is 0 Å². The van der Waals surface area contributed by atoms with Crippen molar-refractivity contribution in [2.45, 2.75) is 31.2 Å². The summed E-state index contributed by atoms with van der Waals surface area (Å²) in [5.41, 5.74) is 1.63. The van der Waals surface area contributed by atoms with Crippen LogP contribution in [0.1, 0.15) is 34.3 Å². The summed E-state index contributed by atoms with van der Waals surface area (Å²) in [6.07, 6.45) is 3.02. The molecule has 0 spiro atoms. The minimum Gasteiger partial charge on any atom is -0.331 e. The molecule has 0 N–H and O–H groups in total. The maximum Gasteiger partial charge on any atom is 0.254 e. The van der Waals surface area contributed by atoms with E-state index in [2.05, 4.69) is 0 Å². The third kappa shape index (κ3) is 4.66. The first-order valence-electron chi connectivity index (χ1n) is 8.14. The lowest BCUT2D eigenvalue weighted by atomic mass is 10.1. The minimum atomic E-state index is -3.11. The maximum absolute atomic E-state index is 13.9. The number of halogens is 1. The second-order valence-electron chi connectivity index (χ2n) is 6.52. The zero-order valence-corrected chi connectivity index (χ0v) is 14.8. The Morgan fingerprint density at radius 1 is 1.12 bits per heavy atom. The van der Waals surface area contributed by atoms with Crippen LogP contribution in [0.4, 0.5) is 4.39 Å². The van der Waals surface area contributed by atoms with E-state index in [4.69, 9.17) is 0 Å². The van der Waals surface area contributed by atoms with Gasteiger partial charge in [-0.25, -0.2) is 12.8 Å². The van der Waals surface area contributed by atoms with Crippen molar-refractivity contribution in [2.24, 2.45) is 0 Å². The average molecular weight is 361 g/mol. The zero-order chi connectivity index (χ0) is 18.0. The van der Waals surface area contributed by atoms with E-state index in [9.17, 15) is 17.6 Å². The summed E-state index contributed by atoms with van der Waals surface area (Å²) >= 11 is 0. The third-order valence-electron chi connectivity index (χ3n) is 4.18. The van der Waals surface area contributed by atoms with Gasteiger partial charge in [0.2, 0.25) is 0 Å². The first-order chi connectivity index (χ1) is 11.8. The van der Waals surface area contributed by atoms with E-state index < -0.39 is 9.84 Å². The van der Waals surface area contributed by atoms with Crippen molar-refractivity contribution in [3.63, 3.8) is 0 Å². The molecule has 4 nitrogen and oxygen atoms in total. The predicted octanol–water partition coefficient (Wildman–Crippen LogP) is 3.18. The predicted molar refractivity (Wildman–Crippen MR) is 94.3 cm³/mol. The van der Waals surface area contributed by atoms with Crippen molar-refractivity contribution in [1.82, 2.24) is 4.90 Å². The molecule has 0 radical (unpaired) electrons. The maximum atomic E-state index is 13.9. The van der Waals surface area contributed by atoms with Crippen molar-refractivity contribution in [2.75, 3.05) is 6.26 Å². The van der Waals surface area contributed by atoms with Crippen LogP contribution in [0.2, 0.25) is 0 Å². The molecule has 1 aliphatic rings. The lowest BCUT2D eigenvalue weighted by Crippen LogP contribution is -2.32. The Morgan fingerprint density at radius 3 is 2.32 bits per heavy atom. The molecule has 25 heavy (non-hydrogen) atoms. The highest BCUT2D eigenvalue weighted by atomic mass is 32.2. The van der Waals surface area contributed by atoms with Gasteiger partial charge in [-0.1, -0.05) is 30.3 Å². The summed E-state index contributed by atoms with van der Waals surface area (Å²) in [5, 5.41) is 0. The second-order valence-corrected chi connectivity index (χ2v) is 8.66. The molecule has 1 fully saturated rings. The summed E-state index contributed by atoms with van der Waals surface area (Å²) in [6.45, 7) is 0.237. The van der Waals surface area contributed by atoms with Gasteiger partial charge in [0, 0.05) is 30.0 Å². The highest BCUT2D eigenvalue weighted by Crippen LogP contribution is 2.30. The minimum absolute atomic E-state index is 0.0525. The highest BCUT2D eigenvalue weighted by Gasteiger charge is 2.33. The Labute approximate surface area is 147 Å². The van der Waals surface area contributed by atoms with Crippen LogP contribution in [-0.4, -0.2) is 31.5 Å². The Hall–Kier alpha value is -2.21. The monoisotopic (exact) mass is 361 g/mol. The average Bonchev–Trinajstić information content (AvgIpc) is 3.37. The van der Waals surface area contributed by atoms with Gasteiger partial charge in [0.1, 0.15) is 5.82 Å². The molecule has 1 aliphatic carbocycles. The SMILES string of the molecule is CS(=O)(=O)Cc1ccc(C(=O)N(Cc2ccccc2F)C2CC2)cc1. The Balaban J connectivity index is 1.78. The number of rotatable bonds is 6. The summed E-state index contributed by atoms with van der Waals surface area (Å²) in [6, 6.07) is 13.2. The molecule has 0 aliphatic heterocycles. The Bertz CT molecular complexity index is 874. The topological polar surface area (TPSA) is 54.5 Å². The molecule has 0 atom stereocenters. The van der Waals surface area contributed by atoms with Gasteiger partial charge >= 0.3 is 0 Å². The number of sulfone groups is 1. The molecule has 3 rings (SSSR count). The zero-order valence-electron chi connectivity index (χ0n) is 14.0. The quantitative estimate of drug-likeness (QED) is 0.794. The molecule has 1 saturated carbocycles. The van der Waals surface area contributed by atoms with Gasteiger partial charge < -0.3 is 4.90 Å². The van der Waals surface area contributed by atoms with Crippen LogP contribution in [0.3, 0.4) is 0 Å². The fraction of sp³-hybridized carbons (Fsp3) is 0.316. The lowest BCUT2D eigenvalue weighted by molar-refractivity contribution is 0.0728. The normalized spacial score (nSPS) is 14.3. The smallest absolute Gasteiger partial charge is 0.254 e.